The van der Waals surface area contributed by atoms with Gasteiger partial charge in [-0.2, -0.15) is 0 Å². The second kappa shape index (κ2) is 7.66. The van der Waals surface area contributed by atoms with Gasteiger partial charge in [0.1, 0.15) is 5.52 Å². The first kappa shape index (κ1) is 20.2. The van der Waals surface area contributed by atoms with Gasteiger partial charge in [-0.15, -0.1) is 13.2 Å². The molecule has 4 rings (SSSR count). The Morgan fingerprint density at radius 2 is 2.07 bits per heavy atom. The van der Waals surface area contributed by atoms with E-state index >= 15 is 0 Å². The number of aromatic nitrogens is 1. The zero-order valence-corrected chi connectivity index (χ0v) is 16.2. The number of anilines is 1. The fourth-order valence-electron chi connectivity index (χ4n) is 4.12. The Morgan fingerprint density at radius 1 is 1.31 bits per heavy atom. The molecule has 2 aromatic rings. The van der Waals surface area contributed by atoms with Crippen molar-refractivity contribution in [2.45, 2.75) is 50.6 Å². The van der Waals surface area contributed by atoms with Gasteiger partial charge in [0.15, 0.2) is 5.58 Å². The molecule has 1 saturated carbocycles. The highest BCUT2D eigenvalue weighted by atomic mass is 35.5. The summed E-state index contributed by atoms with van der Waals surface area (Å²) in [6.45, 7) is -0.391. The molecule has 29 heavy (non-hydrogen) atoms. The van der Waals surface area contributed by atoms with Crippen LogP contribution in [0.2, 0.25) is 5.02 Å². The molecule has 0 unspecified atom stereocenters. The summed E-state index contributed by atoms with van der Waals surface area (Å²) in [6.07, 6.45) is -0.0840. The number of amides is 2. The van der Waals surface area contributed by atoms with E-state index in [-0.39, 0.29) is 19.1 Å². The molecule has 11 heteroatoms. The van der Waals surface area contributed by atoms with Gasteiger partial charge in [-0.25, -0.2) is 9.78 Å². The average molecular weight is 433 g/mol. The Labute approximate surface area is 169 Å². The van der Waals surface area contributed by atoms with Crippen molar-refractivity contribution in [1.82, 2.24) is 15.6 Å². The molecule has 158 valence electrons. The van der Waals surface area contributed by atoms with Gasteiger partial charge in [-0.05, 0) is 18.9 Å². The first-order chi connectivity index (χ1) is 13.8. The maximum atomic E-state index is 12.2. The van der Waals surface area contributed by atoms with Crippen LogP contribution in [0.3, 0.4) is 0 Å². The first-order valence-electron chi connectivity index (χ1n) is 9.40. The minimum Gasteiger partial charge on any atom is -0.439 e. The average Bonchev–Trinajstić information content (AvgIpc) is 3.03. The predicted octanol–water partition coefficient (Wildman–Crippen LogP) is 4.40. The number of benzene rings is 1. The molecule has 2 heterocycles. The molecule has 1 aromatic heterocycles. The van der Waals surface area contributed by atoms with Gasteiger partial charge < -0.3 is 20.4 Å². The normalized spacial score (nSPS) is 18.6. The highest BCUT2D eigenvalue weighted by Crippen LogP contribution is 2.48. The van der Waals surface area contributed by atoms with Gasteiger partial charge in [-0.1, -0.05) is 30.9 Å². The van der Waals surface area contributed by atoms with Crippen LogP contribution in [-0.2, 0) is 16.8 Å². The quantitative estimate of drug-likeness (QED) is 0.609. The summed E-state index contributed by atoms with van der Waals surface area (Å²) in [5.41, 5.74) is 1.82. The van der Waals surface area contributed by atoms with Crippen molar-refractivity contribution in [3.8, 4) is 0 Å². The molecule has 1 spiro atoms. The molecule has 1 fully saturated rings. The van der Waals surface area contributed by atoms with Gasteiger partial charge in [0.2, 0.25) is 5.89 Å². The molecule has 1 aromatic carbocycles. The Balaban J connectivity index is 1.60. The number of urea groups is 1. The Bertz CT molecular complexity index is 925. The van der Waals surface area contributed by atoms with Crippen molar-refractivity contribution >= 4 is 34.4 Å². The summed E-state index contributed by atoms with van der Waals surface area (Å²) in [5, 5.41) is 9.00. The summed E-state index contributed by atoms with van der Waals surface area (Å²) in [5.74, 6) is 0.319. The van der Waals surface area contributed by atoms with Crippen LogP contribution in [0.25, 0.3) is 11.1 Å². The van der Waals surface area contributed by atoms with Crippen LogP contribution >= 0.6 is 11.6 Å². The Kier molecular flexibility index (Phi) is 5.34. The van der Waals surface area contributed by atoms with Gasteiger partial charge >= 0.3 is 12.4 Å². The van der Waals surface area contributed by atoms with E-state index in [1.54, 1.807) is 6.07 Å². The van der Waals surface area contributed by atoms with Gasteiger partial charge in [0.05, 0.1) is 29.4 Å². The second-order valence-electron chi connectivity index (χ2n) is 7.26. The molecule has 7 nitrogen and oxygen atoms in total. The van der Waals surface area contributed by atoms with Crippen LogP contribution in [0.1, 0.15) is 43.6 Å². The topological polar surface area (TPSA) is 88.4 Å². The van der Waals surface area contributed by atoms with Crippen molar-refractivity contribution in [3.63, 3.8) is 0 Å². The maximum Gasteiger partial charge on any atom is 0.522 e. The van der Waals surface area contributed by atoms with Crippen LogP contribution < -0.4 is 16.0 Å². The molecular formula is C18H20ClF3N4O3. The number of hydrogen-bond acceptors (Lipinski definition) is 5. The number of carbonyl (C=O) groups is 1. The molecule has 3 N–H and O–H groups in total. The van der Waals surface area contributed by atoms with Gasteiger partial charge in [-0.3, -0.25) is 4.74 Å². The second-order valence-corrected chi connectivity index (χ2v) is 7.66. The SMILES string of the molecule is O=C1Nc2c(Cl)cc3nc(CNCCOC(F)(F)F)oc3c2C2(CCCCC2)N1. The van der Waals surface area contributed by atoms with Crippen LogP contribution in [0.15, 0.2) is 10.5 Å². The van der Waals surface area contributed by atoms with E-state index in [2.05, 4.69) is 25.7 Å². The van der Waals surface area contributed by atoms with Crippen molar-refractivity contribution in [3.05, 3.63) is 22.5 Å². The van der Waals surface area contributed by atoms with Crippen LogP contribution in [0, 0.1) is 0 Å². The van der Waals surface area contributed by atoms with Crippen LogP contribution in [0.5, 0.6) is 0 Å². The van der Waals surface area contributed by atoms with Crippen molar-refractivity contribution in [2.24, 2.45) is 0 Å². The van der Waals surface area contributed by atoms with E-state index in [9.17, 15) is 18.0 Å². The third-order valence-corrected chi connectivity index (χ3v) is 5.57. The smallest absolute Gasteiger partial charge is 0.439 e. The molecule has 1 aliphatic carbocycles. The fourth-order valence-corrected chi connectivity index (χ4v) is 4.37. The van der Waals surface area contributed by atoms with Crippen molar-refractivity contribution < 1.29 is 27.1 Å². The standard InChI is InChI=1S/C18H20ClF3N4O3/c19-10-8-11-15(29-12(24-11)9-23-6-7-28-18(20,21)22)13-14(10)25-16(27)26-17(13)4-2-1-3-5-17/h8,23H,1-7,9H2,(H2,25,26,27). The van der Waals surface area contributed by atoms with Gasteiger partial charge in [0, 0.05) is 12.1 Å². The van der Waals surface area contributed by atoms with E-state index in [0.717, 1.165) is 37.7 Å². The van der Waals surface area contributed by atoms with E-state index in [1.165, 1.54) is 0 Å². The summed E-state index contributed by atoms with van der Waals surface area (Å²) < 4.78 is 45.7. The van der Waals surface area contributed by atoms with Crippen LogP contribution in [-0.4, -0.2) is 30.5 Å². The number of alkyl halides is 3. The lowest BCUT2D eigenvalue weighted by Crippen LogP contribution is -2.52. The lowest BCUT2D eigenvalue weighted by atomic mass is 9.74. The third-order valence-electron chi connectivity index (χ3n) is 5.27. The summed E-state index contributed by atoms with van der Waals surface area (Å²) in [7, 11) is 0. The highest BCUT2D eigenvalue weighted by molar-refractivity contribution is 6.35. The summed E-state index contributed by atoms with van der Waals surface area (Å²) in [4.78, 5) is 16.6. The zero-order valence-electron chi connectivity index (χ0n) is 15.4. The number of carbonyl (C=O) groups excluding carboxylic acids is 1. The minimum atomic E-state index is -4.65. The first-order valence-corrected chi connectivity index (χ1v) is 9.78. The number of oxazole rings is 1. The van der Waals surface area contributed by atoms with E-state index in [0.29, 0.717) is 27.7 Å². The minimum absolute atomic E-state index is 0.0152. The zero-order chi connectivity index (χ0) is 20.6. The number of hydrogen-bond donors (Lipinski definition) is 3. The number of nitrogens with zero attached hydrogens (tertiary/aromatic N) is 1. The van der Waals surface area contributed by atoms with Crippen LogP contribution in [0.4, 0.5) is 23.7 Å². The lowest BCUT2D eigenvalue weighted by molar-refractivity contribution is -0.323. The fraction of sp³-hybridized carbons (Fsp3) is 0.556. The Hall–Kier alpha value is -2.04. The molecule has 2 aliphatic rings. The summed E-state index contributed by atoms with van der Waals surface area (Å²) >= 11 is 6.42. The van der Waals surface area contributed by atoms with Crippen molar-refractivity contribution in [1.29, 1.82) is 0 Å². The van der Waals surface area contributed by atoms with E-state index in [1.807, 2.05) is 0 Å². The molecule has 2 amide bonds. The number of fused-ring (bicyclic) bond motifs is 4. The lowest BCUT2D eigenvalue weighted by Gasteiger charge is -2.42. The molecule has 0 radical (unpaired) electrons. The maximum absolute atomic E-state index is 12.2. The van der Waals surface area contributed by atoms with E-state index in [4.69, 9.17) is 16.0 Å². The van der Waals surface area contributed by atoms with E-state index < -0.39 is 18.5 Å². The molecule has 0 atom stereocenters. The largest absolute Gasteiger partial charge is 0.522 e. The number of nitrogens with one attached hydrogen (secondary N) is 3. The monoisotopic (exact) mass is 432 g/mol. The Morgan fingerprint density at radius 3 is 2.79 bits per heavy atom. The highest BCUT2D eigenvalue weighted by Gasteiger charge is 2.44. The third kappa shape index (κ3) is 4.15. The molecular weight excluding hydrogens is 413 g/mol. The van der Waals surface area contributed by atoms with Gasteiger partial charge in [0.25, 0.3) is 0 Å². The molecule has 1 aliphatic heterocycles. The number of halogens is 4. The number of ether oxygens (including phenoxy) is 1. The molecule has 0 bridgehead atoms. The molecule has 0 saturated heterocycles. The summed E-state index contributed by atoms with van der Waals surface area (Å²) in [6, 6.07) is 1.32. The number of rotatable bonds is 5. The van der Waals surface area contributed by atoms with Crippen molar-refractivity contribution in [2.75, 3.05) is 18.5 Å². The predicted molar refractivity (Wildman–Crippen MR) is 99.7 cm³/mol.